The van der Waals surface area contributed by atoms with E-state index in [1.807, 2.05) is 0 Å². The lowest BCUT2D eigenvalue weighted by molar-refractivity contribution is -0.162. The van der Waals surface area contributed by atoms with Crippen LogP contribution in [0.4, 0.5) is 0 Å². The molecule has 0 aromatic carbocycles. The van der Waals surface area contributed by atoms with Gasteiger partial charge in [-0.15, -0.1) is 0 Å². The second kappa shape index (κ2) is 2.02. The van der Waals surface area contributed by atoms with Crippen molar-refractivity contribution in [2.24, 2.45) is 16.7 Å². The third kappa shape index (κ3) is 0.711. The summed E-state index contributed by atoms with van der Waals surface area (Å²) in [4.78, 5) is 0. The summed E-state index contributed by atoms with van der Waals surface area (Å²) in [5.41, 5.74) is 1.44. The maximum Gasteiger partial charge on any atom is -0.0243 e. The molecule has 0 nitrogen and oxygen atoms in total. The molecule has 2 atom stereocenters. The van der Waals surface area contributed by atoms with Crippen molar-refractivity contribution in [3.8, 4) is 0 Å². The SMILES string of the molecule is CCC12CCCC(C1)C2(C)C. The second-order valence-corrected chi connectivity index (χ2v) is 5.15. The summed E-state index contributed by atoms with van der Waals surface area (Å²) in [5, 5.41) is 0. The highest BCUT2D eigenvalue weighted by Crippen LogP contribution is 2.69. The Hall–Kier alpha value is 0. The van der Waals surface area contributed by atoms with Crippen molar-refractivity contribution >= 4 is 0 Å². The average Bonchev–Trinajstić information content (AvgIpc) is 2.04. The number of rotatable bonds is 1. The first kappa shape index (κ1) is 7.64. The van der Waals surface area contributed by atoms with Gasteiger partial charge in [-0.05, 0) is 42.4 Å². The Balaban J connectivity index is 2.22. The van der Waals surface area contributed by atoms with E-state index in [-0.39, 0.29) is 0 Å². The first-order valence-electron chi connectivity index (χ1n) is 5.12. The predicted octanol–water partition coefficient (Wildman–Crippen LogP) is 3.61. The summed E-state index contributed by atoms with van der Waals surface area (Å²) in [5.74, 6) is 1.07. The van der Waals surface area contributed by atoms with Crippen LogP contribution in [0.1, 0.15) is 52.9 Å². The molecule has 3 aliphatic carbocycles. The number of hydrogen-bond donors (Lipinski definition) is 0. The summed E-state index contributed by atoms with van der Waals surface area (Å²) in [6.45, 7) is 7.36. The zero-order valence-electron chi connectivity index (χ0n) is 8.11. The van der Waals surface area contributed by atoms with Crippen molar-refractivity contribution in [2.75, 3.05) is 0 Å². The fourth-order valence-electron chi connectivity index (χ4n) is 3.64. The number of hydrogen-bond acceptors (Lipinski definition) is 0. The minimum atomic E-state index is 0.681. The van der Waals surface area contributed by atoms with Crippen LogP contribution < -0.4 is 0 Å². The molecule has 0 amide bonds. The van der Waals surface area contributed by atoms with E-state index in [9.17, 15) is 0 Å². The van der Waals surface area contributed by atoms with Crippen LogP contribution in [0.2, 0.25) is 0 Å². The van der Waals surface area contributed by atoms with Gasteiger partial charge in [0.2, 0.25) is 0 Å². The van der Waals surface area contributed by atoms with Crippen molar-refractivity contribution in [1.82, 2.24) is 0 Å². The summed E-state index contributed by atoms with van der Waals surface area (Å²) >= 11 is 0. The van der Waals surface area contributed by atoms with Crippen LogP contribution in [0.15, 0.2) is 0 Å². The third-order valence-electron chi connectivity index (χ3n) is 4.91. The van der Waals surface area contributed by atoms with Crippen LogP contribution in [0, 0.1) is 16.7 Å². The maximum atomic E-state index is 2.49. The van der Waals surface area contributed by atoms with Crippen LogP contribution in [-0.2, 0) is 0 Å². The van der Waals surface area contributed by atoms with Gasteiger partial charge in [0, 0.05) is 0 Å². The molecule has 0 saturated heterocycles. The van der Waals surface area contributed by atoms with E-state index in [1.54, 1.807) is 0 Å². The van der Waals surface area contributed by atoms with E-state index in [2.05, 4.69) is 20.8 Å². The van der Waals surface area contributed by atoms with E-state index in [0.717, 1.165) is 11.3 Å². The highest BCUT2D eigenvalue weighted by molar-refractivity contribution is 5.09. The molecule has 0 heterocycles. The Bertz CT molecular complexity index is 165. The maximum absolute atomic E-state index is 2.49. The van der Waals surface area contributed by atoms with Crippen LogP contribution in [-0.4, -0.2) is 0 Å². The summed E-state index contributed by atoms with van der Waals surface area (Å²) < 4.78 is 0. The lowest BCUT2D eigenvalue weighted by Gasteiger charge is -2.66. The highest BCUT2D eigenvalue weighted by Gasteiger charge is 2.59. The van der Waals surface area contributed by atoms with Crippen molar-refractivity contribution in [3.05, 3.63) is 0 Å². The van der Waals surface area contributed by atoms with Crippen LogP contribution >= 0.6 is 0 Å². The minimum absolute atomic E-state index is 0.681. The van der Waals surface area contributed by atoms with Crippen molar-refractivity contribution in [3.63, 3.8) is 0 Å². The van der Waals surface area contributed by atoms with E-state index in [0.29, 0.717) is 5.41 Å². The average molecular weight is 152 g/mol. The molecule has 3 saturated carbocycles. The first-order chi connectivity index (χ1) is 5.12. The molecule has 0 aromatic rings. The van der Waals surface area contributed by atoms with Gasteiger partial charge in [-0.2, -0.15) is 0 Å². The molecular weight excluding hydrogens is 132 g/mol. The van der Waals surface area contributed by atoms with Gasteiger partial charge in [0.25, 0.3) is 0 Å². The molecule has 11 heavy (non-hydrogen) atoms. The normalized spacial score (nSPS) is 46.6. The molecule has 0 heteroatoms. The zero-order valence-corrected chi connectivity index (χ0v) is 8.11. The van der Waals surface area contributed by atoms with Gasteiger partial charge in [-0.25, -0.2) is 0 Å². The Labute approximate surface area is 70.4 Å². The Morgan fingerprint density at radius 1 is 1.36 bits per heavy atom. The minimum Gasteiger partial charge on any atom is -0.0648 e. The highest BCUT2D eigenvalue weighted by atomic mass is 14.6. The molecule has 0 aliphatic heterocycles. The molecular formula is C11H20. The molecule has 0 spiro atoms. The van der Waals surface area contributed by atoms with Crippen LogP contribution in [0.3, 0.4) is 0 Å². The molecule has 3 aliphatic rings. The van der Waals surface area contributed by atoms with Gasteiger partial charge in [0.05, 0.1) is 0 Å². The molecule has 64 valence electrons. The van der Waals surface area contributed by atoms with Gasteiger partial charge < -0.3 is 0 Å². The molecule has 3 fully saturated rings. The van der Waals surface area contributed by atoms with Gasteiger partial charge >= 0.3 is 0 Å². The topological polar surface area (TPSA) is 0 Å². The van der Waals surface area contributed by atoms with Crippen molar-refractivity contribution < 1.29 is 0 Å². The van der Waals surface area contributed by atoms with E-state index in [4.69, 9.17) is 0 Å². The van der Waals surface area contributed by atoms with E-state index < -0.39 is 0 Å². The molecule has 0 N–H and O–H groups in total. The Morgan fingerprint density at radius 2 is 2.09 bits per heavy atom. The van der Waals surface area contributed by atoms with Crippen LogP contribution in [0.5, 0.6) is 0 Å². The monoisotopic (exact) mass is 152 g/mol. The van der Waals surface area contributed by atoms with Crippen molar-refractivity contribution in [2.45, 2.75) is 52.9 Å². The Morgan fingerprint density at radius 3 is 2.45 bits per heavy atom. The van der Waals surface area contributed by atoms with Gasteiger partial charge in [-0.3, -0.25) is 0 Å². The second-order valence-electron chi connectivity index (χ2n) is 5.15. The molecule has 2 unspecified atom stereocenters. The van der Waals surface area contributed by atoms with Crippen molar-refractivity contribution in [1.29, 1.82) is 0 Å². The van der Waals surface area contributed by atoms with Gasteiger partial charge in [0.15, 0.2) is 0 Å². The van der Waals surface area contributed by atoms with E-state index in [1.165, 1.54) is 32.1 Å². The summed E-state index contributed by atoms with van der Waals surface area (Å²) in [6.07, 6.45) is 7.47. The molecule has 3 rings (SSSR count). The largest absolute Gasteiger partial charge is 0.0648 e. The fraction of sp³-hybridized carbons (Fsp3) is 1.00. The quantitative estimate of drug-likeness (QED) is 0.538. The summed E-state index contributed by atoms with van der Waals surface area (Å²) in [7, 11) is 0. The molecule has 2 bridgehead atoms. The first-order valence-corrected chi connectivity index (χ1v) is 5.12. The number of fused-ring (bicyclic) bond motifs is 2. The molecule has 0 aromatic heterocycles. The van der Waals surface area contributed by atoms with Gasteiger partial charge in [0.1, 0.15) is 0 Å². The van der Waals surface area contributed by atoms with Crippen LogP contribution in [0.25, 0.3) is 0 Å². The smallest absolute Gasteiger partial charge is 0.0243 e. The summed E-state index contributed by atoms with van der Waals surface area (Å²) in [6, 6.07) is 0. The lowest BCUT2D eigenvalue weighted by atomic mass is 9.39. The Kier molecular flexibility index (Phi) is 1.41. The zero-order chi connectivity index (χ0) is 8.11. The lowest BCUT2D eigenvalue weighted by Crippen LogP contribution is -2.57. The molecule has 0 radical (unpaired) electrons. The van der Waals surface area contributed by atoms with Gasteiger partial charge in [-0.1, -0.05) is 27.2 Å². The standard InChI is InChI=1S/C11H20/c1-4-11-7-5-6-9(8-11)10(11,2)3/h9H,4-8H2,1-3H3. The fourth-order valence-corrected chi connectivity index (χ4v) is 3.64. The predicted molar refractivity (Wildman–Crippen MR) is 48.5 cm³/mol. The van der Waals surface area contributed by atoms with E-state index >= 15 is 0 Å². The third-order valence-corrected chi connectivity index (χ3v) is 4.91.